The maximum atomic E-state index is 12.3. The van der Waals surface area contributed by atoms with E-state index in [1.54, 1.807) is 18.5 Å². The average molecular weight is 367 g/mol. The molecule has 0 aromatic carbocycles. The molecule has 2 aliphatic carbocycles. The summed E-state index contributed by atoms with van der Waals surface area (Å²) in [7, 11) is 0. The van der Waals surface area contributed by atoms with Gasteiger partial charge in [-0.3, -0.25) is 23.7 Å². The van der Waals surface area contributed by atoms with Gasteiger partial charge in [-0.25, -0.2) is 0 Å². The first-order chi connectivity index (χ1) is 13.0. The Balaban J connectivity index is 1.90. The maximum Gasteiger partial charge on any atom is 0.323 e. The Bertz CT molecular complexity index is 1140. The van der Waals surface area contributed by atoms with Crippen LogP contribution in [0.3, 0.4) is 0 Å². The number of allylic oxidation sites excluding steroid dienone is 4. The standard InChI is InChI=1S/C19H17N3O5/c23-10-11-5-6-21(8-11)13-3-1-12-2-4-15-17(14(12)7-13)22(9-16(24)25)19(27)18(26)20-15/h5-8,10H,1-4,9H2,(H,20,26)(H,24,25). The van der Waals surface area contributed by atoms with Gasteiger partial charge in [-0.2, -0.15) is 0 Å². The van der Waals surface area contributed by atoms with Gasteiger partial charge < -0.3 is 14.7 Å². The van der Waals surface area contributed by atoms with Gasteiger partial charge in [-0.1, -0.05) is 5.57 Å². The molecule has 0 atom stereocenters. The SMILES string of the molecule is O=Cc1ccn(C2=CC3=C(CC2)CCc2[nH]c(=O)c(=O)n(CC(=O)O)c23)c1. The summed E-state index contributed by atoms with van der Waals surface area (Å²) in [6.07, 6.45) is 9.07. The van der Waals surface area contributed by atoms with Gasteiger partial charge in [0, 0.05) is 34.9 Å². The number of carboxylic acid groups (broad SMARTS) is 1. The Morgan fingerprint density at radius 2 is 2.00 bits per heavy atom. The van der Waals surface area contributed by atoms with Crippen molar-refractivity contribution in [2.75, 3.05) is 0 Å². The third kappa shape index (κ3) is 2.88. The summed E-state index contributed by atoms with van der Waals surface area (Å²) in [6, 6.07) is 1.71. The van der Waals surface area contributed by atoms with Gasteiger partial charge in [-0.05, 0) is 37.8 Å². The quantitative estimate of drug-likeness (QED) is 0.624. The number of hydrogen-bond acceptors (Lipinski definition) is 4. The van der Waals surface area contributed by atoms with Gasteiger partial charge in [-0.15, -0.1) is 0 Å². The summed E-state index contributed by atoms with van der Waals surface area (Å²) in [4.78, 5) is 49.1. The van der Waals surface area contributed by atoms with E-state index in [0.717, 1.165) is 47.0 Å². The topological polar surface area (TPSA) is 114 Å². The average Bonchev–Trinajstić information content (AvgIpc) is 3.13. The molecule has 0 unspecified atom stereocenters. The molecule has 27 heavy (non-hydrogen) atoms. The molecular weight excluding hydrogens is 350 g/mol. The minimum Gasteiger partial charge on any atom is -0.480 e. The van der Waals surface area contributed by atoms with Crippen LogP contribution in [0, 0.1) is 0 Å². The minimum absolute atomic E-state index is 0.475. The molecule has 0 spiro atoms. The van der Waals surface area contributed by atoms with Gasteiger partial charge in [0.25, 0.3) is 0 Å². The van der Waals surface area contributed by atoms with Crippen LogP contribution in [-0.2, 0) is 17.8 Å². The first-order valence-electron chi connectivity index (χ1n) is 8.62. The fraction of sp³-hybridized carbons (Fsp3) is 0.263. The van der Waals surface area contributed by atoms with Crippen molar-refractivity contribution < 1.29 is 14.7 Å². The van der Waals surface area contributed by atoms with E-state index in [-0.39, 0.29) is 0 Å². The molecule has 2 N–H and O–H groups in total. The normalized spacial score (nSPS) is 15.8. The fourth-order valence-electron chi connectivity index (χ4n) is 3.80. The summed E-state index contributed by atoms with van der Waals surface area (Å²) < 4.78 is 2.91. The van der Waals surface area contributed by atoms with Crippen LogP contribution >= 0.6 is 0 Å². The molecule has 2 aromatic heterocycles. The number of fused-ring (bicyclic) bond motifs is 2. The van der Waals surface area contributed by atoms with E-state index in [4.69, 9.17) is 0 Å². The number of nitrogens with one attached hydrogen (secondary N) is 1. The van der Waals surface area contributed by atoms with Crippen molar-refractivity contribution in [3.8, 4) is 0 Å². The first-order valence-corrected chi connectivity index (χ1v) is 8.62. The number of H-pyrrole nitrogens is 1. The second kappa shape index (κ2) is 6.39. The molecule has 0 saturated carbocycles. The number of rotatable bonds is 4. The molecule has 0 aliphatic heterocycles. The van der Waals surface area contributed by atoms with E-state index in [1.165, 1.54) is 0 Å². The van der Waals surface area contributed by atoms with Crippen molar-refractivity contribution >= 4 is 23.5 Å². The summed E-state index contributed by atoms with van der Waals surface area (Å²) in [5.74, 6) is -1.18. The molecule has 0 amide bonds. The number of aliphatic carboxylic acids is 1. The van der Waals surface area contributed by atoms with Gasteiger partial charge >= 0.3 is 17.1 Å². The van der Waals surface area contributed by atoms with Crippen LogP contribution in [0.15, 0.2) is 39.7 Å². The molecule has 138 valence electrons. The highest BCUT2D eigenvalue weighted by atomic mass is 16.4. The molecule has 8 nitrogen and oxygen atoms in total. The zero-order chi connectivity index (χ0) is 19.1. The Kier molecular flexibility index (Phi) is 4.02. The van der Waals surface area contributed by atoms with E-state index < -0.39 is 23.6 Å². The monoisotopic (exact) mass is 367 g/mol. The predicted octanol–water partition coefficient (Wildman–Crippen LogP) is 1.27. The van der Waals surface area contributed by atoms with Crippen LogP contribution in [0.1, 0.15) is 41.0 Å². The van der Waals surface area contributed by atoms with Crippen molar-refractivity contribution in [1.82, 2.24) is 14.1 Å². The van der Waals surface area contributed by atoms with Crippen molar-refractivity contribution in [2.24, 2.45) is 0 Å². The zero-order valence-corrected chi connectivity index (χ0v) is 14.4. The highest BCUT2D eigenvalue weighted by Gasteiger charge is 2.27. The van der Waals surface area contributed by atoms with E-state index >= 15 is 0 Å². The lowest BCUT2D eigenvalue weighted by molar-refractivity contribution is -0.137. The zero-order valence-electron chi connectivity index (χ0n) is 14.4. The lowest BCUT2D eigenvalue weighted by Gasteiger charge is -2.28. The van der Waals surface area contributed by atoms with E-state index in [1.807, 2.05) is 10.6 Å². The molecule has 4 rings (SSSR count). The van der Waals surface area contributed by atoms with Crippen LogP contribution in [-0.4, -0.2) is 31.5 Å². The molecule has 0 bridgehead atoms. The van der Waals surface area contributed by atoms with Gasteiger partial charge in [0.1, 0.15) is 6.54 Å². The third-order valence-electron chi connectivity index (χ3n) is 5.04. The second-order valence-corrected chi connectivity index (χ2v) is 6.69. The summed E-state index contributed by atoms with van der Waals surface area (Å²) in [5.41, 5.74) is 2.81. The summed E-state index contributed by atoms with van der Waals surface area (Å²) >= 11 is 0. The van der Waals surface area contributed by atoms with Crippen LogP contribution in [0.4, 0.5) is 0 Å². The van der Waals surface area contributed by atoms with Crippen molar-refractivity contribution in [2.45, 2.75) is 32.2 Å². The summed E-state index contributed by atoms with van der Waals surface area (Å²) in [5, 5.41) is 9.20. The molecule has 0 fully saturated rings. The van der Waals surface area contributed by atoms with E-state index in [9.17, 15) is 24.3 Å². The Labute approximate surface area is 153 Å². The number of aldehydes is 1. The predicted molar refractivity (Wildman–Crippen MR) is 97.5 cm³/mol. The highest BCUT2D eigenvalue weighted by Crippen LogP contribution is 2.38. The highest BCUT2D eigenvalue weighted by molar-refractivity contribution is 5.85. The third-order valence-corrected chi connectivity index (χ3v) is 5.04. The number of carbonyl (C=O) groups excluding carboxylic acids is 1. The number of aromatic amines is 1. The smallest absolute Gasteiger partial charge is 0.323 e. The minimum atomic E-state index is -1.18. The summed E-state index contributed by atoms with van der Waals surface area (Å²) in [6.45, 7) is -0.566. The molecule has 2 heterocycles. The van der Waals surface area contributed by atoms with E-state index in [0.29, 0.717) is 23.4 Å². The molecule has 8 heteroatoms. The molecular formula is C19H17N3O5. The second-order valence-electron chi connectivity index (χ2n) is 6.69. The molecule has 0 radical (unpaired) electrons. The Morgan fingerprint density at radius 3 is 2.70 bits per heavy atom. The van der Waals surface area contributed by atoms with E-state index in [2.05, 4.69) is 4.98 Å². The van der Waals surface area contributed by atoms with Crippen molar-refractivity contribution in [1.29, 1.82) is 0 Å². The van der Waals surface area contributed by atoms with Gasteiger partial charge in [0.05, 0.1) is 5.69 Å². The first kappa shape index (κ1) is 17.0. The van der Waals surface area contributed by atoms with Crippen molar-refractivity contribution in [3.05, 3.63) is 67.8 Å². The maximum absolute atomic E-state index is 12.3. The molecule has 0 saturated heterocycles. The lowest BCUT2D eigenvalue weighted by atomic mass is 9.84. The molecule has 2 aromatic rings. The largest absolute Gasteiger partial charge is 0.480 e. The van der Waals surface area contributed by atoms with Crippen LogP contribution < -0.4 is 11.1 Å². The van der Waals surface area contributed by atoms with Crippen LogP contribution in [0.25, 0.3) is 11.3 Å². The number of aryl methyl sites for hydroxylation is 1. The van der Waals surface area contributed by atoms with Crippen molar-refractivity contribution in [3.63, 3.8) is 0 Å². The number of nitrogens with zero attached hydrogens (tertiary/aromatic N) is 2. The van der Waals surface area contributed by atoms with Crippen LogP contribution in [0.5, 0.6) is 0 Å². The van der Waals surface area contributed by atoms with Gasteiger partial charge in [0.2, 0.25) is 0 Å². The number of aromatic nitrogens is 3. The number of carbonyl (C=O) groups is 2. The van der Waals surface area contributed by atoms with Crippen LogP contribution in [0.2, 0.25) is 0 Å². The lowest BCUT2D eigenvalue weighted by Crippen LogP contribution is -2.41. The fourth-order valence-corrected chi connectivity index (χ4v) is 3.80. The Hall–Kier alpha value is -3.42. The molecule has 2 aliphatic rings. The number of carboxylic acids is 1. The van der Waals surface area contributed by atoms with Gasteiger partial charge in [0.15, 0.2) is 6.29 Å². The Morgan fingerprint density at radius 1 is 1.22 bits per heavy atom. The number of hydrogen-bond donors (Lipinski definition) is 2.